The first kappa shape index (κ1) is 18.2. The third kappa shape index (κ3) is 3.46. The predicted octanol–water partition coefficient (Wildman–Crippen LogP) is 5.33. The molecular weight excluding hydrogens is 392 g/mol. The zero-order valence-electron chi connectivity index (χ0n) is 16.3. The van der Waals surface area contributed by atoms with E-state index in [0.29, 0.717) is 0 Å². The van der Waals surface area contributed by atoms with Crippen molar-refractivity contribution in [1.29, 1.82) is 0 Å². The first-order valence-corrected chi connectivity index (χ1v) is 10.2. The summed E-state index contributed by atoms with van der Waals surface area (Å²) in [6, 6.07) is 20.3. The molecule has 0 spiro atoms. The van der Waals surface area contributed by atoms with Crippen LogP contribution in [-0.2, 0) is 0 Å². The van der Waals surface area contributed by atoms with Gasteiger partial charge < -0.3 is 5.32 Å². The van der Waals surface area contributed by atoms with E-state index in [2.05, 4.69) is 58.3 Å². The predicted molar refractivity (Wildman–Crippen MR) is 122 cm³/mol. The Balaban J connectivity index is 1.44. The van der Waals surface area contributed by atoms with Gasteiger partial charge in [0.1, 0.15) is 23.5 Å². The second kappa shape index (κ2) is 7.53. The van der Waals surface area contributed by atoms with Crippen molar-refractivity contribution in [3.63, 3.8) is 0 Å². The maximum Gasteiger partial charge on any atom is 0.139 e. The van der Waals surface area contributed by atoms with E-state index >= 15 is 0 Å². The van der Waals surface area contributed by atoms with E-state index in [9.17, 15) is 0 Å². The van der Waals surface area contributed by atoms with Crippen LogP contribution in [0.15, 0.2) is 79.9 Å². The van der Waals surface area contributed by atoms with Gasteiger partial charge in [0.2, 0.25) is 0 Å². The summed E-state index contributed by atoms with van der Waals surface area (Å²) in [4.78, 5) is 9.43. The quantitative estimate of drug-likeness (QED) is 0.424. The van der Waals surface area contributed by atoms with Crippen molar-refractivity contribution < 1.29 is 0 Å². The molecule has 3 heterocycles. The number of fused-ring (bicyclic) bond motifs is 1. The summed E-state index contributed by atoms with van der Waals surface area (Å²) in [5.74, 6) is 0.736. The number of anilines is 1. The molecule has 0 saturated heterocycles. The molecule has 1 N–H and O–H groups in total. The number of nitrogens with zero attached hydrogens (tertiary/aromatic N) is 5. The number of hydrogen-bond acceptors (Lipinski definition) is 6. The summed E-state index contributed by atoms with van der Waals surface area (Å²) in [6.45, 7) is 6.26. The first-order valence-electron chi connectivity index (χ1n) is 9.42. The van der Waals surface area contributed by atoms with Crippen molar-refractivity contribution >= 4 is 32.9 Å². The second-order valence-corrected chi connectivity index (χ2v) is 7.90. The van der Waals surface area contributed by atoms with Crippen molar-refractivity contribution in [2.24, 2.45) is 0 Å². The molecule has 0 amide bonds. The van der Waals surface area contributed by atoms with Gasteiger partial charge in [-0.25, -0.2) is 9.97 Å². The molecule has 2 aromatic carbocycles. The Morgan fingerprint density at radius 2 is 1.80 bits per heavy atom. The van der Waals surface area contributed by atoms with Gasteiger partial charge in [0.15, 0.2) is 0 Å². The fourth-order valence-corrected chi connectivity index (χ4v) is 4.13. The van der Waals surface area contributed by atoms with Gasteiger partial charge >= 0.3 is 0 Å². The van der Waals surface area contributed by atoms with Gasteiger partial charge in [-0.05, 0) is 42.8 Å². The highest BCUT2D eigenvalue weighted by molar-refractivity contribution is 7.21. The van der Waals surface area contributed by atoms with Crippen LogP contribution in [-0.4, -0.2) is 24.7 Å². The molecule has 0 bridgehead atoms. The topological polar surface area (TPSA) is 68.5 Å². The lowest BCUT2D eigenvalue weighted by Crippen LogP contribution is -2.04. The average Bonchev–Trinajstić information content (AvgIpc) is 3.45. The molecule has 0 aliphatic rings. The SMILES string of the molecule is C=C(Nc1cc(-c2nc3ccccc3s2)ccc1C)c1cccc(-n2cnnc2)n1. The lowest BCUT2D eigenvalue weighted by atomic mass is 10.1. The van der Waals surface area contributed by atoms with E-state index in [0.717, 1.165) is 44.5 Å². The van der Waals surface area contributed by atoms with E-state index in [1.54, 1.807) is 28.6 Å². The number of nitrogens with one attached hydrogen (secondary N) is 1. The number of thiazole rings is 1. The normalized spacial score (nSPS) is 11.0. The molecule has 0 saturated carbocycles. The third-order valence-electron chi connectivity index (χ3n) is 4.79. The smallest absolute Gasteiger partial charge is 0.139 e. The van der Waals surface area contributed by atoms with Crippen molar-refractivity contribution in [3.05, 3.63) is 91.2 Å². The number of hydrogen-bond donors (Lipinski definition) is 1. The fraction of sp³-hybridized carbons (Fsp3) is 0.0435. The molecule has 0 aliphatic carbocycles. The molecule has 0 radical (unpaired) electrons. The largest absolute Gasteiger partial charge is 0.354 e. The molecule has 0 aliphatic heterocycles. The zero-order chi connectivity index (χ0) is 20.5. The first-order chi connectivity index (χ1) is 14.7. The van der Waals surface area contributed by atoms with Crippen LogP contribution in [0.3, 0.4) is 0 Å². The highest BCUT2D eigenvalue weighted by atomic mass is 32.1. The van der Waals surface area contributed by atoms with Crippen LogP contribution in [0.5, 0.6) is 0 Å². The van der Waals surface area contributed by atoms with E-state index in [-0.39, 0.29) is 0 Å². The van der Waals surface area contributed by atoms with Crippen molar-refractivity contribution in [2.75, 3.05) is 5.32 Å². The summed E-state index contributed by atoms with van der Waals surface area (Å²) >= 11 is 1.69. The lowest BCUT2D eigenvalue weighted by molar-refractivity contribution is 0.984. The molecule has 0 unspecified atom stereocenters. The van der Waals surface area contributed by atoms with Crippen LogP contribution in [0.4, 0.5) is 5.69 Å². The number of benzene rings is 2. The minimum absolute atomic E-state index is 0.717. The number of rotatable bonds is 5. The number of para-hydroxylation sites is 1. The van der Waals surface area contributed by atoms with Crippen molar-refractivity contribution in [2.45, 2.75) is 6.92 Å². The van der Waals surface area contributed by atoms with Gasteiger partial charge in [-0.2, -0.15) is 0 Å². The summed E-state index contributed by atoms with van der Waals surface area (Å²) in [5.41, 5.74) is 5.67. The van der Waals surface area contributed by atoms with Crippen LogP contribution in [0.1, 0.15) is 11.3 Å². The van der Waals surface area contributed by atoms with Crippen LogP contribution >= 0.6 is 11.3 Å². The van der Waals surface area contributed by atoms with Crippen molar-refractivity contribution in [1.82, 2.24) is 24.7 Å². The summed E-state index contributed by atoms with van der Waals surface area (Å²) in [5, 5.41) is 12.1. The molecule has 0 fully saturated rings. The Labute approximate surface area is 177 Å². The summed E-state index contributed by atoms with van der Waals surface area (Å²) in [7, 11) is 0. The van der Waals surface area contributed by atoms with Gasteiger partial charge in [0.05, 0.1) is 21.6 Å². The van der Waals surface area contributed by atoms with Crippen LogP contribution in [0, 0.1) is 6.92 Å². The lowest BCUT2D eigenvalue weighted by Gasteiger charge is -2.13. The molecule has 30 heavy (non-hydrogen) atoms. The molecule has 7 heteroatoms. The molecule has 5 rings (SSSR count). The van der Waals surface area contributed by atoms with Crippen LogP contribution < -0.4 is 5.32 Å². The fourth-order valence-electron chi connectivity index (χ4n) is 3.17. The average molecular weight is 411 g/mol. The van der Waals surface area contributed by atoms with E-state index in [4.69, 9.17) is 4.98 Å². The molecule has 0 atom stereocenters. The van der Waals surface area contributed by atoms with Crippen molar-refractivity contribution in [3.8, 4) is 16.4 Å². The van der Waals surface area contributed by atoms with Crippen LogP contribution in [0.25, 0.3) is 32.3 Å². The third-order valence-corrected chi connectivity index (χ3v) is 5.88. The Kier molecular flexibility index (Phi) is 4.57. The Morgan fingerprint density at radius 3 is 2.63 bits per heavy atom. The molecule has 6 nitrogen and oxygen atoms in total. The highest BCUT2D eigenvalue weighted by Crippen LogP contribution is 2.33. The summed E-state index contributed by atoms with van der Waals surface area (Å²) < 4.78 is 2.94. The molecular formula is C23H18N6S. The molecule has 5 aromatic rings. The number of pyridine rings is 1. The Hall–Kier alpha value is -3.84. The second-order valence-electron chi connectivity index (χ2n) is 6.87. The van der Waals surface area contributed by atoms with Gasteiger partial charge in [-0.3, -0.25) is 4.57 Å². The monoisotopic (exact) mass is 410 g/mol. The minimum atomic E-state index is 0.717. The van der Waals surface area contributed by atoms with Gasteiger partial charge in [0.25, 0.3) is 0 Å². The van der Waals surface area contributed by atoms with Gasteiger partial charge in [-0.15, -0.1) is 21.5 Å². The molecule has 3 aromatic heterocycles. The maximum absolute atomic E-state index is 4.77. The van der Waals surface area contributed by atoms with E-state index in [1.807, 2.05) is 36.4 Å². The standard InChI is InChI=1S/C23H18N6S/c1-15-10-11-17(23-28-19-6-3-4-8-21(19)30-23)12-20(15)26-16(2)18-7-5-9-22(27-18)29-13-24-25-14-29/h3-14,26H,2H2,1H3. The Bertz CT molecular complexity index is 1320. The highest BCUT2D eigenvalue weighted by Gasteiger charge is 2.10. The molecule has 146 valence electrons. The number of aryl methyl sites for hydroxylation is 1. The van der Waals surface area contributed by atoms with Gasteiger partial charge in [-0.1, -0.05) is 36.9 Å². The number of aromatic nitrogens is 5. The minimum Gasteiger partial charge on any atom is -0.354 e. The zero-order valence-corrected chi connectivity index (χ0v) is 17.1. The van der Waals surface area contributed by atoms with Crippen LogP contribution in [0.2, 0.25) is 0 Å². The summed E-state index contributed by atoms with van der Waals surface area (Å²) in [6.07, 6.45) is 3.24. The maximum atomic E-state index is 4.77. The van der Waals surface area contributed by atoms with Gasteiger partial charge in [0, 0.05) is 11.3 Å². The van der Waals surface area contributed by atoms with E-state index < -0.39 is 0 Å². The Morgan fingerprint density at radius 1 is 0.967 bits per heavy atom. The van der Waals surface area contributed by atoms with E-state index in [1.165, 1.54) is 4.70 Å².